The number of aliphatic imine (C=N–C) groups is 1. The molecule has 2 aliphatic rings. The molecule has 7 heteroatoms. The minimum atomic E-state index is -0.459. The zero-order valence-electron chi connectivity index (χ0n) is 17.6. The summed E-state index contributed by atoms with van der Waals surface area (Å²) >= 11 is 1.70. The average Bonchev–Trinajstić information content (AvgIpc) is 2.75. The number of rotatable bonds is 7. The highest BCUT2D eigenvalue weighted by Gasteiger charge is 2.43. The summed E-state index contributed by atoms with van der Waals surface area (Å²) in [4.78, 5) is 42.3. The van der Waals surface area contributed by atoms with Gasteiger partial charge in [-0.1, -0.05) is 19.1 Å². The van der Waals surface area contributed by atoms with Crippen LogP contribution in [-0.4, -0.2) is 48.7 Å². The van der Waals surface area contributed by atoms with Gasteiger partial charge in [-0.2, -0.15) is 11.8 Å². The topological polar surface area (TPSA) is 82.0 Å². The Bertz CT molecular complexity index is 887. The minimum absolute atomic E-state index is 0.0985. The molecule has 0 spiro atoms. The number of allylic oxidation sites excluding steroid dienone is 1. The quantitative estimate of drug-likeness (QED) is 0.482. The summed E-state index contributed by atoms with van der Waals surface area (Å²) in [5, 5.41) is 0. The van der Waals surface area contributed by atoms with Gasteiger partial charge in [0.15, 0.2) is 0 Å². The highest BCUT2D eigenvalue weighted by molar-refractivity contribution is 7.99. The fraction of sp³-hybridized carbons (Fsp3) is 0.478. The molecule has 1 aromatic carbocycles. The number of fused-ring (bicyclic) bond motifs is 1. The fourth-order valence-electron chi connectivity index (χ4n) is 4.11. The number of nitrogens with zero attached hydrogens (tertiary/aromatic N) is 1. The molecule has 6 nitrogen and oxygen atoms in total. The van der Waals surface area contributed by atoms with Crippen molar-refractivity contribution in [3.8, 4) is 0 Å². The third kappa shape index (κ3) is 4.67. The number of carbonyl (C=O) groups excluding carboxylic acids is 3. The smallest absolute Gasteiger partial charge is 0.337 e. The van der Waals surface area contributed by atoms with Crippen LogP contribution in [0.3, 0.4) is 0 Å². The molecule has 160 valence electrons. The molecule has 0 radical (unpaired) electrons. The fourth-order valence-corrected chi connectivity index (χ4v) is 4.60. The van der Waals surface area contributed by atoms with Gasteiger partial charge in [-0.15, -0.1) is 0 Å². The van der Waals surface area contributed by atoms with E-state index in [1.807, 2.05) is 0 Å². The molecule has 1 saturated carbocycles. The van der Waals surface area contributed by atoms with Crippen LogP contribution in [0.4, 0.5) is 0 Å². The molecule has 2 atom stereocenters. The van der Waals surface area contributed by atoms with E-state index in [0.29, 0.717) is 29.9 Å². The molecule has 0 saturated heterocycles. The van der Waals surface area contributed by atoms with Crippen LogP contribution >= 0.6 is 11.8 Å². The van der Waals surface area contributed by atoms with Gasteiger partial charge >= 0.3 is 11.9 Å². The summed E-state index contributed by atoms with van der Waals surface area (Å²) in [7, 11) is 1.33. The van der Waals surface area contributed by atoms with E-state index < -0.39 is 23.8 Å². The molecule has 1 heterocycles. The van der Waals surface area contributed by atoms with E-state index in [9.17, 15) is 14.4 Å². The van der Waals surface area contributed by atoms with Crippen LogP contribution in [0, 0.1) is 5.92 Å². The van der Waals surface area contributed by atoms with Crippen molar-refractivity contribution >= 4 is 35.2 Å². The number of methoxy groups -OCH3 is 1. The molecule has 3 rings (SSSR count). The van der Waals surface area contributed by atoms with Crippen molar-refractivity contribution in [3.63, 3.8) is 0 Å². The van der Waals surface area contributed by atoms with Crippen LogP contribution < -0.4 is 0 Å². The zero-order chi connectivity index (χ0) is 21.7. The first-order valence-corrected chi connectivity index (χ1v) is 11.4. The predicted molar refractivity (Wildman–Crippen MR) is 117 cm³/mol. The van der Waals surface area contributed by atoms with Crippen LogP contribution in [0.2, 0.25) is 0 Å². The molecule has 0 amide bonds. The number of hydrogen-bond donors (Lipinski definition) is 0. The van der Waals surface area contributed by atoms with Gasteiger partial charge < -0.3 is 9.47 Å². The molecule has 1 fully saturated rings. The van der Waals surface area contributed by atoms with Crippen LogP contribution in [0.5, 0.6) is 0 Å². The number of thioether (sulfide) groups is 1. The highest BCUT2D eigenvalue weighted by Crippen LogP contribution is 2.43. The van der Waals surface area contributed by atoms with Crippen molar-refractivity contribution in [1.29, 1.82) is 0 Å². The summed E-state index contributed by atoms with van der Waals surface area (Å²) in [6.45, 7) is 4.17. The molecule has 1 aliphatic carbocycles. The molecule has 2 unspecified atom stereocenters. The number of carbonyl (C=O) groups is 3. The van der Waals surface area contributed by atoms with Gasteiger partial charge in [0.1, 0.15) is 12.4 Å². The van der Waals surface area contributed by atoms with E-state index in [2.05, 4.69) is 11.9 Å². The Morgan fingerprint density at radius 3 is 2.53 bits per heavy atom. The summed E-state index contributed by atoms with van der Waals surface area (Å²) in [5.41, 5.74) is 3.09. The third-order valence-corrected chi connectivity index (χ3v) is 6.35. The van der Waals surface area contributed by atoms with Crippen molar-refractivity contribution in [2.75, 3.05) is 25.2 Å². The Morgan fingerprint density at radius 1 is 1.13 bits per heavy atom. The Morgan fingerprint density at radius 2 is 1.87 bits per heavy atom. The Balaban J connectivity index is 1.98. The number of hydrogen-bond acceptors (Lipinski definition) is 7. The lowest BCUT2D eigenvalue weighted by Gasteiger charge is -2.35. The number of benzene rings is 1. The molecule has 0 N–H and O–H groups in total. The minimum Gasteiger partial charge on any atom is -0.465 e. The first kappa shape index (κ1) is 22.3. The van der Waals surface area contributed by atoms with E-state index in [-0.39, 0.29) is 5.78 Å². The second kappa shape index (κ2) is 10.1. The van der Waals surface area contributed by atoms with Crippen molar-refractivity contribution in [1.82, 2.24) is 0 Å². The van der Waals surface area contributed by atoms with Gasteiger partial charge in [-0.05, 0) is 43.2 Å². The molecular weight excluding hydrogens is 402 g/mol. The maximum absolute atomic E-state index is 13.0. The van der Waals surface area contributed by atoms with Gasteiger partial charge in [0, 0.05) is 29.5 Å². The van der Waals surface area contributed by atoms with Crippen molar-refractivity contribution in [2.45, 2.75) is 39.0 Å². The molecular formula is C23H27NO5S. The molecule has 30 heavy (non-hydrogen) atoms. The predicted octanol–water partition coefficient (Wildman–Crippen LogP) is 3.95. The average molecular weight is 430 g/mol. The lowest BCUT2D eigenvalue weighted by Crippen LogP contribution is -2.39. The maximum Gasteiger partial charge on any atom is 0.337 e. The first-order valence-electron chi connectivity index (χ1n) is 10.2. The SMILES string of the molecule is CCSCCOC(=O)C1=C(C)N=C2CCCC(=O)C2C1c1ccc(C(=O)OC)cc1. The number of ether oxygens (including phenoxy) is 2. The van der Waals surface area contributed by atoms with Crippen LogP contribution in [-0.2, 0) is 19.1 Å². The summed E-state index contributed by atoms with van der Waals surface area (Å²) in [6.07, 6.45) is 2.01. The van der Waals surface area contributed by atoms with Crippen molar-refractivity contribution in [3.05, 3.63) is 46.7 Å². The molecule has 1 aromatic rings. The number of ketones is 1. The second-order valence-electron chi connectivity index (χ2n) is 7.32. The largest absolute Gasteiger partial charge is 0.465 e. The van der Waals surface area contributed by atoms with E-state index in [1.165, 1.54) is 7.11 Å². The Hall–Kier alpha value is -2.41. The molecule has 0 aromatic heterocycles. The standard InChI is InChI=1S/C23H27NO5S/c1-4-30-13-12-29-23(27)19-14(2)24-17-6-5-7-18(25)21(17)20(19)15-8-10-16(11-9-15)22(26)28-3/h8-11,20-21H,4-7,12-13H2,1-3H3. The first-order chi connectivity index (χ1) is 14.5. The van der Waals surface area contributed by atoms with Crippen LogP contribution in [0.1, 0.15) is 54.9 Å². The van der Waals surface area contributed by atoms with Crippen molar-refractivity contribution in [2.24, 2.45) is 10.9 Å². The maximum atomic E-state index is 13.0. The lowest BCUT2D eigenvalue weighted by atomic mass is 9.69. The number of Topliss-reactive ketones (excluding diaryl/α,β-unsaturated/α-hetero) is 1. The molecule has 0 bridgehead atoms. The van der Waals surface area contributed by atoms with Gasteiger partial charge in [0.2, 0.25) is 0 Å². The second-order valence-corrected chi connectivity index (χ2v) is 8.72. The number of esters is 2. The zero-order valence-corrected chi connectivity index (χ0v) is 18.4. The Labute approximate surface area is 181 Å². The van der Waals surface area contributed by atoms with E-state index in [4.69, 9.17) is 9.47 Å². The van der Waals surface area contributed by atoms with E-state index >= 15 is 0 Å². The van der Waals surface area contributed by atoms with Gasteiger partial charge in [-0.3, -0.25) is 9.79 Å². The summed E-state index contributed by atoms with van der Waals surface area (Å²) in [6, 6.07) is 6.90. The van der Waals surface area contributed by atoms with Gasteiger partial charge in [0.05, 0.1) is 24.2 Å². The summed E-state index contributed by atoms with van der Waals surface area (Å²) in [5.74, 6) is 0.0138. The molecule has 1 aliphatic heterocycles. The van der Waals surface area contributed by atoms with Crippen LogP contribution in [0.15, 0.2) is 40.5 Å². The normalized spacial score (nSPS) is 21.0. The summed E-state index contributed by atoms with van der Waals surface area (Å²) < 4.78 is 10.3. The van der Waals surface area contributed by atoms with Gasteiger partial charge in [-0.25, -0.2) is 9.59 Å². The third-order valence-electron chi connectivity index (χ3n) is 5.48. The lowest BCUT2D eigenvalue weighted by molar-refractivity contribution is -0.139. The van der Waals surface area contributed by atoms with Crippen molar-refractivity contribution < 1.29 is 23.9 Å². The van der Waals surface area contributed by atoms with Gasteiger partial charge in [0.25, 0.3) is 0 Å². The van der Waals surface area contributed by atoms with E-state index in [1.54, 1.807) is 43.0 Å². The van der Waals surface area contributed by atoms with Crippen LogP contribution in [0.25, 0.3) is 0 Å². The Kier molecular flexibility index (Phi) is 7.48. The highest BCUT2D eigenvalue weighted by atomic mass is 32.2. The monoisotopic (exact) mass is 429 g/mol. The van der Waals surface area contributed by atoms with E-state index in [0.717, 1.165) is 35.6 Å².